The molecule has 34 heavy (non-hydrogen) atoms. The molecule has 4 rings (SSSR count). The van der Waals surface area contributed by atoms with Gasteiger partial charge >= 0.3 is 6.18 Å². The molecule has 1 fully saturated rings. The van der Waals surface area contributed by atoms with E-state index >= 15 is 0 Å². The van der Waals surface area contributed by atoms with Crippen molar-refractivity contribution in [3.05, 3.63) is 57.9 Å². The molecule has 2 heterocycles. The van der Waals surface area contributed by atoms with Gasteiger partial charge in [-0.05, 0) is 62.7 Å². The van der Waals surface area contributed by atoms with Gasteiger partial charge in [0.25, 0.3) is 5.76 Å². The summed E-state index contributed by atoms with van der Waals surface area (Å²) in [6.07, 6.45) is -2.02. The molecule has 1 atom stereocenters. The Kier molecular flexibility index (Phi) is 7.82. The van der Waals surface area contributed by atoms with Crippen molar-refractivity contribution in [1.82, 2.24) is 4.90 Å². The van der Waals surface area contributed by atoms with E-state index in [1.807, 2.05) is 6.92 Å². The Morgan fingerprint density at radius 1 is 1.12 bits per heavy atom. The van der Waals surface area contributed by atoms with Crippen LogP contribution in [0.25, 0.3) is 11.0 Å². The van der Waals surface area contributed by atoms with Crippen LogP contribution in [0.15, 0.2) is 45.6 Å². The molecule has 1 saturated heterocycles. The number of piperidine rings is 1. The fourth-order valence-corrected chi connectivity index (χ4v) is 4.08. The Morgan fingerprint density at radius 2 is 1.79 bits per heavy atom. The number of hydrogen-bond acceptors (Lipinski definition) is 6. The molecule has 3 aromatic rings. The summed E-state index contributed by atoms with van der Waals surface area (Å²) < 4.78 is 57.4. The van der Waals surface area contributed by atoms with Crippen LogP contribution in [0.3, 0.4) is 0 Å². The van der Waals surface area contributed by atoms with E-state index in [2.05, 4.69) is 4.90 Å². The van der Waals surface area contributed by atoms with Crippen LogP contribution in [0.5, 0.6) is 23.0 Å². The molecule has 1 aliphatic rings. The van der Waals surface area contributed by atoms with Gasteiger partial charge in [-0.3, -0.25) is 9.69 Å². The van der Waals surface area contributed by atoms with Crippen LogP contribution in [0.4, 0.5) is 13.2 Å². The molecule has 1 aromatic heterocycles. The zero-order valence-corrected chi connectivity index (χ0v) is 20.4. The van der Waals surface area contributed by atoms with Gasteiger partial charge in [-0.1, -0.05) is 6.42 Å². The number of methoxy groups -OCH3 is 1. The summed E-state index contributed by atoms with van der Waals surface area (Å²) >= 11 is 0. The number of likely N-dealkylation sites (tertiary alicyclic amines) is 1. The summed E-state index contributed by atoms with van der Waals surface area (Å²) in [6, 6.07) is 8.53. The summed E-state index contributed by atoms with van der Waals surface area (Å²) in [5.41, 5.74) is -1.10. The van der Waals surface area contributed by atoms with Gasteiger partial charge in [0.05, 0.1) is 18.1 Å². The number of phenols is 1. The quantitative estimate of drug-likeness (QED) is 0.408. The zero-order chi connectivity index (χ0) is 23.8. The largest absolute Gasteiger partial charge is 0.507 e. The highest BCUT2D eigenvalue weighted by atomic mass is 79.9. The monoisotopic (exact) mass is 543 g/mol. The Morgan fingerprint density at radius 3 is 2.41 bits per heavy atom. The topological polar surface area (TPSA) is 72.1 Å². The van der Waals surface area contributed by atoms with E-state index < -0.39 is 23.1 Å². The van der Waals surface area contributed by atoms with E-state index in [0.29, 0.717) is 5.75 Å². The highest BCUT2D eigenvalue weighted by molar-refractivity contribution is 8.93. The maximum atomic E-state index is 13.9. The lowest BCUT2D eigenvalue weighted by Crippen LogP contribution is -2.36. The van der Waals surface area contributed by atoms with Crippen molar-refractivity contribution < 1.29 is 32.2 Å². The van der Waals surface area contributed by atoms with E-state index in [9.17, 15) is 23.1 Å². The maximum Gasteiger partial charge on any atom is 0.453 e. The van der Waals surface area contributed by atoms with Gasteiger partial charge in [-0.25, -0.2) is 0 Å². The first-order valence-electron chi connectivity index (χ1n) is 10.6. The first-order chi connectivity index (χ1) is 15.7. The van der Waals surface area contributed by atoms with Crippen LogP contribution >= 0.6 is 17.0 Å². The van der Waals surface area contributed by atoms with Crippen molar-refractivity contribution in [3.63, 3.8) is 0 Å². The van der Waals surface area contributed by atoms with Crippen molar-refractivity contribution >= 4 is 28.0 Å². The third-order valence-electron chi connectivity index (χ3n) is 5.94. The number of ether oxygens (including phenoxy) is 2. The summed E-state index contributed by atoms with van der Waals surface area (Å²) in [4.78, 5) is 15.2. The Balaban J connectivity index is 0.00000324. The summed E-state index contributed by atoms with van der Waals surface area (Å²) in [5.74, 6) is -2.22. The fraction of sp³-hybridized carbons (Fsp3) is 0.375. The molecule has 1 aliphatic heterocycles. The number of rotatable bonds is 5. The Bertz CT molecular complexity index is 1210. The fourth-order valence-electron chi connectivity index (χ4n) is 4.08. The Hall–Kier alpha value is -2.72. The molecule has 0 spiro atoms. The number of halogens is 4. The number of phenolic OH excluding ortho intramolecular Hbond substituents is 1. The van der Waals surface area contributed by atoms with Crippen LogP contribution in [0.1, 0.15) is 37.5 Å². The van der Waals surface area contributed by atoms with Crippen LogP contribution in [-0.4, -0.2) is 29.7 Å². The number of aromatic hydroxyl groups is 1. The van der Waals surface area contributed by atoms with Gasteiger partial charge in [-0.2, -0.15) is 13.2 Å². The SMILES string of the molecule is Br.COc1ccc(Oc2c(C(F)(F)F)oc3c(CN4CCCCC4C)c(O)ccc3c2=O)cc1. The highest BCUT2D eigenvalue weighted by Crippen LogP contribution is 2.40. The predicted molar refractivity (Wildman–Crippen MR) is 126 cm³/mol. The zero-order valence-electron chi connectivity index (χ0n) is 18.6. The third-order valence-corrected chi connectivity index (χ3v) is 5.94. The van der Waals surface area contributed by atoms with E-state index in [4.69, 9.17) is 13.9 Å². The second kappa shape index (κ2) is 10.3. The van der Waals surface area contributed by atoms with E-state index in [-0.39, 0.29) is 57.6 Å². The molecule has 1 unspecified atom stereocenters. The number of benzene rings is 2. The number of hydrogen-bond donors (Lipinski definition) is 1. The van der Waals surface area contributed by atoms with Crippen molar-refractivity contribution in [3.8, 4) is 23.0 Å². The van der Waals surface area contributed by atoms with E-state index in [1.54, 1.807) is 0 Å². The molecule has 184 valence electrons. The molecule has 2 aromatic carbocycles. The molecule has 0 bridgehead atoms. The molecular formula is C24H25BrF3NO5. The van der Waals surface area contributed by atoms with Crippen LogP contribution in [-0.2, 0) is 12.7 Å². The molecule has 1 N–H and O–H groups in total. The van der Waals surface area contributed by atoms with Crippen molar-refractivity contribution in [2.75, 3.05) is 13.7 Å². The molecule has 10 heteroatoms. The summed E-state index contributed by atoms with van der Waals surface area (Å²) in [6.45, 7) is 2.94. The van der Waals surface area contributed by atoms with Crippen molar-refractivity contribution in [2.24, 2.45) is 0 Å². The predicted octanol–water partition coefficient (Wildman–Crippen LogP) is 6.27. The molecular weight excluding hydrogens is 519 g/mol. The van der Waals surface area contributed by atoms with Crippen molar-refractivity contribution in [1.29, 1.82) is 0 Å². The standard InChI is InChI=1S/C24H24F3NO5.BrH/c1-14-5-3-4-12-28(14)13-18-19(29)11-10-17-20(30)22(23(24(25,26)27)33-21(17)18)32-16-8-6-15(31-2)7-9-16;/h6-11,14,29H,3-5,12-13H2,1-2H3;1H. The first kappa shape index (κ1) is 25.9. The maximum absolute atomic E-state index is 13.9. The lowest BCUT2D eigenvalue weighted by Gasteiger charge is -2.33. The average Bonchev–Trinajstić information content (AvgIpc) is 2.78. The van der Waals surface area contributed by atoms with Crippen LogP contribution in [0.2, 0.25) is 0 Å². The van der Waals surface area contributed by atoms with E-state index in [1.165, 1.54) is 43.5 Å². The number of nitrogens with zero attached hydrogens (tertiary/aromatic N) is 1. The minimum Gasteiger partial charge on any atom is -0.507 e. The van der Waals surface area contributed by atoms with Crippen LogP contribution < -0.4 is 14.9 Å². The lowest BCUT2D eigenvalue weighted by atomic mass is 10.0. The van der Waals surface area contributed by atoms with Gasteiger partial charge in [0.2, 0.25) is 11.2 Å². The highest BCUT2D eigenvalue weighted by Gasteiger charge is 2.41. The number of fused-ring (bicyclic) bond motifs is 1. The normalized spacial score (nSPS) is 16.8. The molecule has 0 radical (unpaired) electrons. The average molecular weight is 544 g/mol. The van der Waals surface area contributed by atoms with Gasteiger partial charge < -0.3 is 19.0 Å². The van der Waals surface area contributed by atoms with Gasteiger partial charge in [0.1, 0.15) is 22.8 Å². The second-order valence-corrected chi connectivity index (χ2v) is 8.12. The van der Waals surface area contributed by atoms with Crippen LogP contribution in [0, 0.1) is 0 Å². The smallest absolute Gasteiger partial charge is 0.453 e. The van der Waals surface area contributed by atoms with Crippen molar-refractivity contribution in [2.45, 2.75) is 44.9 Å². The lowest BCUT2D eigenvalue weighted by molar-refractivity contribution is -0.154. The second-order valence-electron chi connectivity index (χ2n) is 8.12. The molecule has 0 saturated carbocycles. The molecule has 6 nitrogen and oxygen atoms in total. The summed E-state index contributed by atoms with van der Waals surface area (Å²) in [7, 11) is 1.45. The minimum absolute atomic E-state index is 0. The summed E-state index contributed by atoms with van der Waals surface area (Å²) in [5, 5.41) is 10.4. The van der Waals surface area contributed by atoms with Gasteiger partial charge in [0.15, 0.2) is 0 Å². The van der Waals surface area contributed by atoms with Gasteiger partial charge in [-0.15, -0.1) is 17.0 Å². The minimum atomic E-state index is -4.99. The van der Waals surface area contributed by atoms with Gasteiger partial charge in [0, 0.05) is 12.6 Å². The molecule has 0 aliphatic carbocycles. The molecule has 0 amide bonds. The first-order valence-corrected chi connectivity index (χ1v) is 10.6. The Labute approximate surface area is 204 Å². The van der Waals surface area contributed by atoms with E-state index in [0.717, 1.165) is 25.8 Å². The number of alkyl halides is 3. The third kappa shape index (κ3) is 5.17.